The summed E-state index contributed by atoms with van der Waals surface area (Å²) in [5, 5.41) is 3.60. The number of nitrogens with one attached hydrogen (secondary N) is 4. The minimum absolute atomic E-state index is 0.175. The van der Waals surface area contributed by atoms with Crippen LogP contribution in [0.2, 0.25) is 0 Å². The summed E-state index contributed by atoms with van der Waals surface area (Å²) in [7, 11) is 0. The average molecular weight is 350 g/mol. The molecule has 6 nitrogen and oxygen atoms in total. The van der Waals surface area contributed by atoms with E-state index < -0.39 is 6.03 Å². The highest BCUT2D eigenvalue weighted by Crippen LogP contribution is 2.17. The van der Waals surface area contributed by atoms with Crippen LogP contribution in [0.25, 0.3) is 10.9 Å². The van der Waals surface area contributed by atoms with E-state index in [2.05, 4.69) is 28.1 Å². The fourth-order valence-electron chi connectivity index (χ4n) is 2.80. The Bertz CT molecular complexity index is 915. The van der Waals surface area contributed by atoms with Crippen molar-refractivity contribution in [1.82, 2.24) is 21.2 Å². The summed E-state index contributed by atoms with van der Waals surface area (Å²) < 4.78 is 0. The molecule has 3 amide bonds. The number of hydrogen-bond donors (Lipinski definition) is 4. The molecule has 1 heterocycles. The van der Waals surface area contributed by atoms with E-state index in [-0.39, 0.29) is 11.9 Å². The van der Waals surface area contributed by atoms with Crippen LogP contribution in [0, 0.1) is 0 Å². The molecule has 0 fully saturated rings. The number of carbonyl (C=O) groups excluding carboxylic acids is 2. The lowest BCUT2D eigenvalue weighted by Crippen LogP contribution is -2.47. The second kappa shape index (κ2) is 7.74. The molecule has 4 N–H and O–H groups in total. The van der Waals surface area contributed by atoms with Crippen LogP contribution in [0.1, 0.15) is 41.4 Å². The zero-order valence-corrected chi connectivity index (χ0v) is 14.8. The Morgan fingerprint density at radius 3 is 2.50 bits per heavy atom. The number of fused-ring (bicyclic) bond motifs is 1. The van der Waals surface area contributed by atoms with E-state index in [0.29, 0.717) is 5.56 Å². The van der Waals surface area contributed by atoms with E-state index in [1.165, 1.54) is 5.56 Å². The molecule has 0 aliphatic heterocycles. The molecule has 0 spiro atoms. The third kappa shape index (κ3) is 3.85. The number of H-pyrrole nitrogens is 1. The van der Waals surface area contributed by atoms with Gasteiger partial charge in [-0.3, -0.25) is 10.2 Å². The number of carbonyl (C=O) groups is 2. The number of rotatable bonds is 4. The second-order valence-corrected chi connectivity index (χ2v) is 6.12. The first kappa shape index (κ1) is 17.5. The molecule has 26 heavy (non-hydrogen) atoms. The first-order valence-electron chi connectivity index (χ1n) is 8.60. The number of hydrogen-bond acceptors (Lipinski definition) is 2. The van der Waals surface area contributed by atoms with Gasteiger partial charge in [-0.1, -0.05) is 49.4 Å². The molecule has 134 valence electrons. The van der Waals surface area contributed by atoms with Gasteiger partial charge in [-0.15, -0.1) is 0 Å². The maximum Gasteiger partial charge on any atom is 0.333 e. The maximum absolute atomic E-state index is 12.3. The quantitative estimate of drug-likeness (QED) is 0.543. The Morgan fingerprint density at radius 1 is 1.04 bits per heavy atom. The Balaban J connectivity index is 1.55. The highest BCUT2D eigenvalue weighted by atomic mass is 16.2. The molecular formula is C20H22N4O2. The van der Waals surface area contributed by atoms with Crippen LogP contribution in [0.15, 0.2) is 54.7 Å². The van der Waals surface area contributed by atoms with Crippen LogP contribution >= 0.6 is 0 Å². The first-order valence-corrected chi connectivity index (χ1v) is 8.60. The fourth-order valence-corrected chi connectivity index (χ4v) is 2.80. The van der Waals surface area contributed by atoms with Crippen molar-refractivity contribution < 1.29 is 9.59 Å². The molecule has 3 rings (SSSR count). The predicted octanol–water partition coefficient (Wildman–Crippen LogP) is 3.44. The Morgan fingerprint density at radius 2 is 1.77 bits per heavy atom. The molecule has 2 aromatic carbocycles. The topological polar surface area (TPSA) is 86.0 Å². The van der Waals surface area contributed by atoms with Crippen molar-refractivity contribution in [3.8, 4) is 0 Å². The van der Waals surface area contributed by atoms with Crippen LogP contribution in [0.4, 0.5) is 4.79 Å². The number of hydrazine groups is 1. The largest absolute Gasteiger partial charge is 0.360 e. The lowest BCUT2D eigenvalue weighted by molar-refractivity contribution is 0.0937. The molecule has 0 bridgehead atoms. The van der Waals surface area contributed by atoms with Gasteiger partial charge in [0, 0.05) is 17.1 Å². The van der Waals surface area contributed by atoms with Crippen molar-refractivity contribution in [1.29, 1.82) is 0 Å². The van der Waals surface area contributed by atoms with Crippen LogP contribution in [0.5, 0.6) is 0 Å². The summed E-state index contributed by atoms with van der Waals surface area (Å²) in [5.74, 6) is -0.377. The third-order valence-corrected chi connectivity index (χ3v) is 4.36. The van der Waals surface area contributed by atoms with Crippen molar-refractivity contribution in [2.75, 3.05) is 0 Å². The number of para-hydroxylation sites is 1. The van der Waals surface area contributed by atoms with E-state index in [1.54, 1.807) is 6.20 Å². The smallest absolute Gasteiger partial charge is 0.333 e. The normalized spacial score (nSPS) is 11.8. The molecule has 0 saturated heterocycles. The Hall–Kier alpha value is -3.28. The van der Waals surface area contributed by atoms with Gasteiger partial charge in [0.25, 0.3) is 5.91 Å². The van der Waals surface area contributed by atoms with Crippen molar-refractivity contribution in [3.63, 3.8) is 0 Å². The summed E-state index contributed by atoms with van der Waals surface area (Å²) in [5.41, 5.74) is 8.42. The van der Waals surface area contributed by atoms with Gasteiger partial charge in [-0.05, 0) is 30.5 Å². The molecular weight excluding hydrogens is 328 g/mol. The van der Waals surface area contributed by atoms with E-state index in [9.17, 15) is 9.59 Å². The molecule has 1 aromatic heterocycles. The van der Waals surface area contributed by atoms with Crippen LogP contribution < -0.4 is 16.2 Å². The predicted molar refractivity (Wildman–Crippen MR) is 102 cm³/mol. The monoisotopic (exact) mass is 350 g/mol. The average Bonchev–Trinajstić information content (AvgIpc) is 3.10. The highest BCUT2D eigenvalue weighted by Gasteiger charge is 2.13. The minimum atomic E-state index is -0.467. The minimum Gasteiger partial charge on any atom is -0.360 e. The van der Waals surface area contributed by atoms with Gasteiger partial charge in [0.1, 0.15) is 0 Å². The summed E-state index contributed by atoms with van der Waals surface area (Å²) in [6.45, 7) is 3.99. The van der Waals surface area contributed by atoms with E-state index >= 15 is 0 Å². The molecule has 1 unspecified atom stereocenters. The van der Waals surface area contributed by atoms with E-state index in [4.69, 9.17) is 0 Å². The maximum atomic E-state index is 12.3. The van der Waals surface area contributed by atoms with Crippen molar-refractivity contribution in [2.24, 2.45) is 0 Å². The van der Waals surface area contributed by atoms with Gasteiger partial charge in [-0.2, -0.15) is 0 Å². The van der Waals surface area contributed by atoms with Crippen LogP contribution in [-0.2, 0) is 6.42 Å². The van der Waals surface area contributed by atoms with Crippen LogP contribution in [-0.4, -0.2) is 16.9 Å². The summed E-state index contributed by atoms with van der Waals surface area (Å²) in [6.07, 6.45) is 2.60. The SMILES string of the molecule is CCc1ccc(C(C)NC(=O)NNC(=O)c2c[nH]c3ccccc23)cc1. The van der Waals surface area contributed by atoms with Crippen molar-refractivity contribution >= 4 is 22.8 Å². The molecule has 1 atom stereocenters. The number of aromatic amines is 1. The van der Waals surface area contributed by atoms with Gasteiger partial charge >= 0.3 is 6.03 Å². The molecule has 3 aromatic rings. The lowest BCUT2D eigenvalue weighted by Gasteiger charge is -2.15. The van der Waals surface area contributed by atoms with Crippen molar-refractivity contribution in [3.05, 3.63) is 71.4 Å². The van der Waals surface area contributed by atoms with Gasteiger partial charge in [0.05, 0.1) is 11.6 Å². The number of aryl methyl sites for hydroxylation is 1. The molecule has 0 radical (unpaired) electrons. The van der Waals surface area contributed by atoms with E-state index in [1.807, 2.05) is 55.5 Å². The summed E-state index contributed by atoms with van der Waals surface area (Å²) >= 11 is 0. The molecule has 0 aliphatic carbocycles. The fraction of sp³-hybridized carbons (Fsp3) is 0.200. The van der Waals surface area contributed by atoms with Gasteiger partial charge in [0.2, 0.25) is 0 Å². The number of benzene rings is 2. The Kier molecular flexibility index (Phi) is 5.22. The molecule has 0 saturated carbocycles. The Labute approximate surface area is 152 Å². The molecule has 0 aliphatic rings. The lowest BCUT2D eigenvalue weighted by atomic mass is 10.1. The van der Waals surface area contributed by atoms with E-state index in [0.717, 1.165) is 22.9 Å². The number of urea groups is 1. The zero-order valence-electron chi connectivity index (χ0n) is 14.8. The van der Waals surface area contributed by atoms with Crippen LogP contribution in [0.3, 0.4) is 0 Å². The van der Waals surface area contributed by atoms with Crippen molar-refractivity contribution in [2.45, 2.75) is 26.3 Å². The summed E-state index contributed by atoms with van der Waals surface area (Å²) in [6, 6.07) is 14.9. The second-order valence-electron chi connectivity index (χ2n) is 6.12. The standard InChI is InChI=1S/C20H22N4O2/c1-3-14-8-10-15(11-9-14)13(2)22-20(26)24-23-19(25)17-12-21-18-7-5-4-6-16(17)18/h4-13,21H,3H2,1-2H3,(H,23,25)(H2,22,24,26). The first-order chi connectivity index (χ1) is 12.6. The molecule has 6 heteroatoms. The van der Waals surface area contributed by atoms with Gasteiger partial charge in [-0.25, -0.2) is 10.2 Å². The van der Waals surface area contributed by atoms with Gasteiger partial charge in [0.15, 0.2) is 0 Å². The summed E-state index contributed by atoms with van der Waals surface area (Å²) in [4.78, 5) is 27.4. The zero-order chi connectivity index (χ0) is 18.5. The number of amides is 3. The third-order valence-electron chi connectivity index (χ3n) is 4.36. The highest BCUT2D eigenvalue weighted by molar-refractivity contribution is 6.07. The number of aromatic nitrogens is 1. The van der Waals surface area contributed by atoms with Gasteiger partial charge < -0.3 is 10.3 Å².